The first-order chi connectivity index (χ1) is 21.2. The molecule has 0 unspecified atom stereocenters. The number of anilines is 3. The van der Waals surface area contributed by atoms with E-state index in [-0.39, 0.29) is 24.3 Å². The van der Waals surface area contributed by atoms with Crippen LogP contribution in [0, 0.1) is 0 Å². The number of piperazine rings is 1. The maximum Gasteiger partial charge on any atom is 0.230 e. The Bertz CT molecular complexity index is 1750. The van der Waals surface area contributed by atoms with E-state index in [2.05, 4.69) is 42.4 Å². The Kier molecular flexibility index (Phi) is 8.02. The van der Waals surface area contributed by atoms with Gasteiger partial charge in [-0.2, -0.15) is 5.10 Å². The number of amides is 1. The third kappa shape index (κ3) is 6.12. The summed E-state index contributed by atoms with van der Waals surface area (Å²) >= 11 is 0. The highest BCUT2D eigenvalue weighted by Gasteiger charge is 2.22. The van der Waals surface area contributed by atoms with Crippen LogP contribution in [0.1, 0.15) is 32.2 Å². The summed E-state index contributed by atoms with van der Waals surface area (Å²) in [6.07, 6.45) is 1.55. The molecular weight excluding hydrogens is 558 g/mol. The van der Waals surface area contributed by atoms with E-state index in [1.54, 1.807) is 4.68 Å². The molecule has 0 atom stereocenters. The Morgan fingerprint density at radius 3 is 2.36 bits per heavy atom. The number of rotatable bonds is 8. The number of aromatic nitrogens is 5. The molecule has 1 saturated heterocycles. The number of hydrogen-bond donors (Lipinski definition) is 3. The van der Waals surface area contributed by atoms with E-state index in [0.29, 0.717) is 40.5 Å². The second-order valence-corrected chi connectivity index (χ2v) is 12.0. The number of nitrogens with zero attached hydrogens (tertiary/aromatic N) is 7. The third-order valence-electron chi connectivity index (χ3n) is 7.82. The summed E-state index contributed by atoms with van der Waals surface area (Å²) in [4.78, 5) is 26.0. The van der Waals surface area contributed by atoms with Crippen LogP contribution in [0.2, 0.25) is 0 Å². The van der Waals surface area contributed by atoms with Gasteiger partial charge in [0, 0.05) is 61.1 Å². The number of carbonyl (C=O) groups excluding carboxylic acids is 1. The average molecular weight is 596 g/mol. The number of aliphatic hydroxyl groups is 1. The quantitative estimate of drug-likeness (QED) is 0.242. The Balaban J connectivity index is 1.19. The number of carbonyl (C=O) groups is 1. The fourth-order valence-corrected chi connectivity index (χ4v) is 5.36. The lowest BCUT2D eigenvalue weighted by Gasteiger charge is -2.35. The number of nitrogens with one attached hydrogen (secondary N) is 1. The molecular formula is C32H37N9O3. The van der Waals surface area contributed by atoms with Crippen LogP contribution < -0.4 is 16.0 Å². The van der Waals surface area contributed by atoms with Crippen molar-refractivity contribution < 1.29 is 14.4 Å². The van der Waals surface area contributed by atoms with Crippen molar-refractivity contribution in [1.29, 1.82) is 0 Å². The summed E-state index contributed by atoms with van der Waals surface area (Å²) in [6, 6.07) is 17.5. The number of hydrogen-bond acceptors (Lipinski definition) is 10. The van der Waals surface area contributed by atoms with Crippen molar-refractivity contribution in [2.45, 2.75) is 32.6 Å². The predicted octanol–water partition coefficient (Wildman–Crippen LogP) is 3.65. The smallest absolute Gasteiger partial charge is 0.230 e. The molecule has 1 aliphatic heterocycles. The van der Waals surface area contributed by atoms with Crippen LogP contribution in [0.15, 0.2) is 65.4 Å². The van der Waals surface area contributed by atoms with Crippen LogP contribution in [0.5, 0.6) is 0 Å². The molecule has 228 valence electrons. The number of benzene rings is 2. The standard InChI is InChI=1S/C32H37N9O3/c1-32(2,3)26-18-23(38-44-26)19-27(43)36-22-6-10-25(11-7-22)41-31-28(30(33)34-20-35-31)29(37-41)21-4-8-24(9-5-21)40-14-12-39(13-15-40)16-17-42/h4-11,18,20,42H,12-17,19H2,1-3H3,(H,36,43)(H2,33,34,35). The second kappa shape index (κ2) is 12.1. The zero-order valence-corrected chi connectivity index (χ0v) is 25.2. The van der Waals surface area contributed by atoms with Crippen LogP contribution >= 0.6 is 0 Å². The van der Waals surface area contributed by atoms with Crippen molar-refractivity contribution in [2.24, 2.45) is 0 Å². The molecule has 1 amide bonds. The highest BCUT2D eigenvalue weighted by atomic mass is 16.5. The van der Waals surface area contributed by atoms with Gasteiger partial charge in [0.2, 0.25) is 5.91 Å². The van der Waals surface area contributed by atoms with E-state index in [1.165, 1.54) is 6.33 Å². The van der Waals surface area contributed by atoms with E-state index in [1.807, 2.05) is 63.2 Å². The van der Waals surface area contributed by atoms with Crippen molar-refractivity contribution in [3.63, 3.8) is 0 Å². The van der Waals surface area contributed by atoms with Gasteiger partial charge in [-0.15, -0.1) is 0 Å². The number of fused-ring (bicyclic) bond motifs is 1. The normalized spacial score (nSPS) is 14.3. The first-order valence-electron chi connectivity index (χ1n) is 14.7. The fraction of sp³-hybridized carbons (Fsp3) is 0.344. The molecule has 12 heteroatoms. The first-order valence-corrected chi connectivity index (χ1v) is 14.7. The minimum Gasteiger partial charge on any atom is -0.395 e. The van der Waals surface area contributed by atoms with Crippen molar-refractivity contribution in [2.75, 3.05) is 55.3 Å². The molecule has 2 aromatic carbocycles. The summed E-state index contributed by atoms with van der Waals surface area (Å²) < 4.78 is 7.14. The van der Waals surface area contributed by atoms with Gasteiger partial charge in [0.15, 0.2) is 5.65 Å². The Morgan fingerprint density at radius 2 is 1.70 bits per heavy atom. The maximum absolute atomic E-state index is 12.7. The summed E-state index contributed by atoms with van der Waals surface area (Å²) in [6.45, 7) is 10.7. The van der Waals surface area contributed by atoms with Crippen LogP contribution in [-0.2, 0) is 16.6 Å². The van der Waals surface area contributed by atoms with Gasteiger partial charge in [0.05, 0.1) is 29.8 Å². The van der Waals surface area contributed by atoms with Crippen molar-refractivity contribution in [1.82, 2.24) is 29.8 Å². The molecule has 0 bridgehead atoms. The van der Waals surface area contributed by atoms with E-state index in [0.717, 1.165) is 48.9 Å². The highest BCUT2D eigenvalue weighted by molar-refractivity contribution is 5.99. The summed E-state index contributed by atoms with van der Waals surface area (Å²) in [7, 11) is 0. The van der Waals surface area contributed by atoms with E-state index in [4.69, 9.17) is 15.4 Å². The highest BCUT2D eigenvalue weighted by Crippen LogP contribution is 2.33. The van der Waals surface area contributed by atoms with Gasteiger partial charge >= 0.3 is 0 Å². The lowest BCUT2D eigenvalue weighted by atomic mass is 9.93. The molecule has 12 nitrogen and oxygen atoms in total. The van der Waals surface area contributed by atoms with E-state index in [9.17, 15) is 9.90 Å². The molecule has 1 fully saturated rings. The van der Waals surface area contributed by atoms with Gasteiger partial charge < -0.3 is 25.6 Å². The molecule has 44 heavy (non-hydrogen) atoms. The summed E-state index contributed by atoms with van der Waals surface area (Å²) in [5.41, 5.74) is 11.5. The van der Waals surface area contributed by atoms with Gasteiger partial charge in [-0.3, -0.25) is 9.69 Å². The first kappa shape index (κ1) is 29.3. The third-order valence-corrected chi connectivity index (χ3v) is 7.82. The van der Waals surface area contributed by atoms with Crippen molar-refractivity contribution in [3.05, 3.63) is 72.4 Å². The molecule has 4 heterocycles. The van der Waals surface area contributed by atoms with E-state index >= 15 is 0 Å². The largest absolute Gasteiger partial charge is 0.395 e. The number of β-amino-alcohol motifs (C(OH)–C–C–N with tert-alkyl or cyclic N) is 1. The average Bonchev–Trinajstić information content (AvgIpc) is 3.65. The topological polar surface area (TPSA) is 151 Å². The van der Waals surface area contributed by atoms with Crippen molar-refractivity contribution in [3.8, 4) is 16.9 Å². The monoisotopic (exact) mass is 595 g/mol. The van der Waals surface area contributed by atoms with Gasteiger partial charge in [-0.05, 0) is 36.4 Å². The molecule has 3 aromatic heterocycles. The number of nitrogen functional groups attached to an aromatic ring is 1. The van der Waals surface area contributed by atoms with Gasteiger partial charge in [-0.25, -0.2) is 14.6 Å². The van der Waals surface area contributed by atoms with Crippen LogP contribution in [0.25, 0.3) is 28.0 Å². The second-order valence-electron chi connectivity index (χ2n) is 12.0. The predicted molar refractivity (Wildman–Crippen MR) is 170 cm³/mol. The summed E-state index contributed by atoms with van der Waals surface area (Å²) in [5.74, 6) is 0.908. The van der Waals surface area contributed by atoms with Gasteiger partial charge in [0.25, 0.3) is 0 Å². The molecule has 5 aromatic rings. The van der Waals surface area contributed by atoms with E-state index < -0.39 is 0 Å². The molecule has 0 radical (unpaired) electrons. The van der Waals surface area contributed by atoms with Crippen LogP contribution in [-0.4, -0.2) is 80.1 Å². The lowest BCUT2D eigenvalue weighted by Crippen LogP contribution is -2.47. The molecule has 6 rings (SSSR count). The Morgan fingerprint density at radius 1 is 1.00 bits per heavy atom. The molecule has 1 aliphatic rings. The molecule has 0 spiro atoms. The minimum atomic E-state index is -0.186. The molecule has 0 aliphatic carbocycles. The SMILES string of the molecule is CC(C)(C)c1cc(CC(=O)Nc2ccc(-n3nc(-c4ccc(N5CCN(CCO)CC5)cc4)c4c(N)ncnc43)cc2)no1. The van der Waals surface area contributed by atoms with Gasteiger partial charge in [0.1, 0.15) is 23.6 Å². The minimum absolute atomic E-state index is 0.114. The maximum atomic E-state index is 12.7. The van der Waals surface area contributed by atoms with Crippen LogP contribution in [0.4, 0.5) is 17.2 Å². The Hall–Kier alpha value is -4.81. The lowest BCUT2D eigenvalue weighted by molar-refractivity contribution is -0.115. The van der Waals surface area contributed by atoms with Crippen LogP contribution in [0.3, 0.4) is 0 Å². The summed E-state index contributed by atoms with van der Waals surface area (Å²) in [5, 5.41) is 21.8. The molecule has 4 N–H and O–H groups in total. The van der Waals surface area contributed by atoms with Gasteiger partial charge in [-0.1, -0.05) is 38.1 Å². The Labute approximate surface area is 255 Å². The zero-order valence-electron chi connectivity index (χ0n) is 25.2. The number of nitrogens with two attached hydrogens (primary N) is 1. The zero-order chi connectivity index (χ0) is 30.8. The number of aliphatic hydroxyl groups excluding tert-OH is 1. The molecule has 0 saturated carbocycles. The van der Waals surface area contributed by atoms with Crippen molar-refractivity contribution >= 4 is 34.1 Å². The fourth-order valence-electron chi connectivity index (χ4n) is 5.36.